The predicted octanol–water partition coefficient (Wildman–Crippen LogP) is 1.54. The first-order chi connectivity index (χ1) is 10.2. The van der Waals surface area contributed by atoms with Crippen LogP contribution in [0, 0.1) is 0 Å². The molecule has 0 aliphatic rings. The highest BCUT2D eigenvalue weighted by Gasteiger charge is 2.11. The normalized spacial score (nSPS) is 10.8. The van der Waals surface area contributed by atoms with E-state index in [1.807, 2.05) is 12.1 Å². The minimum absolute atomic E-state index is 0.390. The Balaban J connectivity index is 2.05. The number of hydrogen-bond acceptors (Lipinski definition) is 5. The van der Waals surface area contributed by atoms with Gasteiger partial charge in [-0.3, -0.25) is 4.79 Å². The highest BCUT2D eigenvalue weighted by atomic mass is 32.2. The van der Waals surface area contributed by atoms with Crippen LogP contribution in [0.5, 0.6) is 0 Å². The Morgan fingerprint density at radius 2 is 2.00 bits per heavy atom. The maximum atomic E-state index is 11.0. The molecular weight excluding hydrogens is 286 g/mol. The number of aromatic nitrogens is 3. The number of benzene rings is 1. The number of carbonyl (C=O) groups excluding carboxylic acids is 1. The lowest BCUT2D eigenvalue weighted by Crippen LogP contribution is -2.10. The highest BCUT2D eigenvalue weighted by Crippen LogP contribution is 2.22. The van der Waals surface area contributed by atoms with E-state index in [1.54, 1.807) is 23.9 Å². The van der Waals surface area contributed by atoms with Gasteiger partial charge in [-0.2, -0.15) is 0 Å². The summed E-state index contributed by atoms with van der Waals surface area (Å²) in [4.78, 5) is 11.0. The van der Waals surface area contributed by atoms with Gasteiger partial charge in [-0.1, -0.05) is 30.8 Å². The van der Waals surface area contributed by atoms with Gasteiger partial charge >= 0.3 is 0 Å². The van der Waals surface area contributed by atoms with Crippen LogP contribution in [0.4, 0.5) is 0 Å². The third-order valence-electron chi connectivity index (χ3n) is 3.03. The third-order valence-corrected chi connectivity index (χ3v) is 4.07. The Hall–Kier alpha value is -1.86. The van der Waals surface area contributed by atoms with Crippen LogP contribution in [0.1, 0.15) is 35.1 Å². The molecule has 0 atom stereocenters. The quantitative estimate of drug-likeness (QED) is 0.756. The molecule has 7 heteroatoms. The number of thioether (sulfide) groups is 1. The van der Waals surface area contributed by atoms with Crippen molar-refractivity contribution >= 4 is 17.7 Å². The number of amides is 1. The van der Waals surface area contributed by atoms with Crippen molar-refractivity contribution in [2.75, 3.05) is 0 Å². The van der Waals surface area contributed by atoms with Gasteiger partial charge in [0, 0.05) is 17.9 Å². The molecule has 1 aromatic carbocycles. The summed E-state index contributed by atoms with van der Waals surface area (Å²) in [6, 6.07) is 7.27. The fraction of sp³-hybridized carbons (Fsp3) is 0.357. The zero-order valence-corrected chi connectivity index (χ0v) is 12.8. The van der Waals surface area contributed by atoms with Gasteiger partial charge in [0.15, 0.2) is 5.16 Å². The van der Waals surface area contributed by atoms with Crippen LogP contribution in [0.3, 0.4) is 0 Å². The van der Waals surface area contributed by atoms with Gasteiger partial charge in [0.1, 0.15) is 5.82 Å². The Morgan fingerprint density at radius 1 is 1.29 bits per heavy atom. The minimum atomic E-state index is -0.413. The van der Waals surface area contributed by atoms with Gasteiger partial charge in [0.25, 0.3) is 0 Å². The highest BCUT2D eigenvalue weighted by molar-refractivity contribution is 7.98. The third kappa shape index (κ3) is 3.83. The first-order valence-corrected chi connectivity index (χ1v) is 7.78. The standard InChI is InChI=1S/C14H19N5OS/c1-2-7-19-12(8-15)17-18-14(19)21-9-10-3-5-11(6-4-10)13(16)20/h3-6H,2,7-9,15H2,1H3,(H2,16,20). The predicted molar refractivity (Wildman–Crippen MR) is 82.7 cm³/mol. The summed E-state index contributed by atoms with van der Waals surface area (Å²) in [6.07, 6.45) is 1.01. The second kappa shape index (κ2) is 7.24. The molecule has 0 fully saturated rings. The molecule has 1 heterocycles. The molecule has 2 aromatic rings. The van der Waals surface area contributed by atoms with Crippen molar-refractivity contribution in [2.45, 2.75) is 37.3 Å². The number of rotatable bonds is 7. The molecule has 0 saturated heterocycles. The van der Waals surface area contributed by atoms with Crippen LogP contribution in [0.25, 0.3) is 0 Å². The zero-order valence-electron chi connectivity index (χ0n) is 12.0. The van der Waals surface area contributed by atoms with Gasteiger partial charge < -0.3 is 16.0 Å². The van der Waals surface area contributed by atoms with E-state index in [9.17, 15) is 4.79 Å². The first-order valence-electron chi connectivity index (χ1n) is 6.79. The SMILES string of the molecule is CCCn1c(CN)nnc1SCc1ccc(C(N)=O)cc1. The smallest absolute Gasteiger partial charge is 0.248 e. The molecule has 21 heavy (non-hydrogen) atoms. The summed E-state index contributed by atoms with van der Waals surface area (Å²) in [5, 5.41) is 9.17. The summed E-state index contributed by atoms with van der Waals surface area (Å²) in [6.45, 7) is 3.36. The molecule has 0 radical (unpaired) electrons. The molecular formula is C14H19N5OS. The molecule has 6 nitrogen and oxygen atoms in total. The van der Waals surface area contributed by atoms with Crippen LogP contribution in [0.2, 0.25) is 0 Å². The van der Waals surface area contributed by atoms with Gasteiger partial charge in [-0.05, 0) is 24.1 Å². The molecule has 1 aromatic heterocycles. The van der Waals surface area contributed by atoms with Gasteiger partial charge in [0.2, 0.25) is 5.91 Å². The second-order valence-corrected chi connectivity index (χ2v) is 5.55. The number of primary amides is 1. The van der Waals surface area contributed by atoms with Crippen LogP contribution in [-0.4, -0.2) is 20.7 Å². The van der Waals surface area contributed by atoms with E-state index in [1.165, 1.54) is 0 Å². The maximum Gasteiger partial charge on any atom is 0.248 e. The second-order valence-electron chi connectivity index (χ2n) is 4.60. The summed E-state index contributed by atoms with van der Waals surface area (Å²) in [7, 11) is 0. The van der Waals surface area contributed by atoms with Crippen LogP contribution < -0.4 is 11.5 Å². The van der Waals surface area contributed by atoms with E-state index in [-0.39, 0.29) is 0 Å². The van der Waals surface area contributed by atoms with Crippen molar-refractivity contribution in [1.82, 2.24) is 14.8 Å². The molecule has 0 unspecified atom stereocenters. The fourth-order valence-corrected chi connectivity index (χ4v) is 2.88. The fourth-order valence-electron chi connectivity index (χ4n) is 1.94. The van der Waals surface area contributed by atoms with Crippen molar-refractivity contribution in [1.29, 1.82) is 0 Å². The molecule has 1 amide bonds. The van der Waals surface area contributed by atoms with E-state index in [2.05, 4.69) is 21.7 Å². The Kier molecular flexibility index (Phi) is 5.35. The van der Waals surface area contributed by atoms with E-state index < -0.39 is 5.91 Å². The monoisotopic (exact) mass is 305 g/mol. The van der Waals surface area contributed by atoms with Crippen molar-refractivity contribution < 1.29 is 4.79 Å². The van der Waals surface area contributed by atoms with E-state index in [0.29, 0.717) is 12.1 Å². The summed E-state index contributed by atoms with van der Waals surface area (Å²) in [5.74, 6) is 1.15. The van der Waals surface area contributed by atoms with E-state index in [4.69, 9.17) is 11.5 Å². The Morgan fingerprint density at radius 3 is 2.57 bits per heavy atom. The van der Waals surface area contributed by atoms with Gasteiger partial charge in [-0.25, -0.2) is 0 Å². The summed E-state index contributed by atoms with van der Waals surface area (Å²) < 4.78 is 2.06. The lowest BCUT2D eigenvalue weighted by atomic mass is 10.1. The van der Waals surface area contributed by atoms with Gasteiger partial charge in [-0.15, -0.1) is 10.2 Å². The largest absolute Gasteiger partial charge is 0.366 e. The van der Waals surface area contributed by atoms with Gasteiger partial charge in [0.05, 0.1) is 6.54 Å². The first kappa shape index (κ1) is 15.5. The number of hydrogen-bond donors (Lipinski definition) is 2. The molecule has 4 N–H and O–H groups in total. The molecule has 112 valence electrons. The van der Waals surface area contributed by atoms with Crippen molar-refractivity contribution in [3.05, 3.63) is 41.2 Å². The average Bonchev–Trinajstić information content (AvgIpc) is 2.88. The van der Waals surface area contributed by atoms with E-state index >= 15 is 0 Å². The number of nitrogens with two attached hydrogens (primary N) is 2. The number of carbonyl (C=O) groups is 1. The minimum Gasteiger partial charge on any atom is -0.366 e. The number of nitrogens with zero attached hydrogens (tertiary/aromatic N) is 3. The van der Waals surface area contributed by atoms with E-state index in [0.717, 1.165) is 35.3 Å². The van der Waals surface area contributed by atoms with Crippen molar-refractivity contribution in [3.63, 3.8) is 0 Å². The van der Waals surface area contributed by atoms with Crippen LogP contribution >= 0.6 is 11.8 Å². The lowest BCUT2D eigenvalue weighted by molar-refractivity contribution is 0.100. The summed E-state index contributed by atoms with van der Waals surface area (Å²) >= 11 is 1.61. The average molecular weight is 305 g/mol. The molecule has 0 aliphatic carbocycles. The Labute approximate surface area is 127 Å². The Bertz CT molecular complexity index is 608. The maximum absolute atomic E-state index is 11.0. The topological polar surface area (TPSA) is 99.8 Å². The molecule has 0 saturated carbocycles. The van der Waals surface area contributed by atoms with Crippen molar-refractivity contribution in [3.8, 4) is 0 Å². The molecule has 0 bridgehead atoms. The molecule has 2 rings (SSSR count). The summed E-state index contributed by atoms with van der Waals surface area (Å²) in [5.41, 5.74) is 12.5. The molecule has 0 aliphatic heterocycles. The lowest BCUT2D eigenvalue weighted by Gasteiger charge is -2.07. The van der Waals surface area contributed by atoms with Crippen LogP contribution in [0.15, 0.2) is 29.4 Å². The van der Waals surface area contributed by atoms with Crippen LogP contribution in [-0.2, 0) is 18.8 Å². The zero-order chi connectivity index (χ0) is 15.2. The van der Waals surface area contributed by atoms with Crippen molar-refractivity contribution in [2.24, 2.45) is 11.5 Å². The molecule has 0 spiro atoms.